The number of unbranched alkanes of at least 4 members (excludes halogenated alkanes) is 2. The highest BCUT2D eigenvalue weighted by atomic mass is 35.5. The molecule has 37 heavy (non-hydrogen) atoms. The zero-order valence-electron chi connectivity index (χ0n) is 21.6. The molecule has 2 rings (SSSR count). The van der Waals surface area contributed by atoms with E-state index in [1.54, 1.807) is 6.92 Å². The molecule has 0 saturated heterocycles. The van der Waals surface area contributed by atoms with Gasteiger partial charge in [0.1, 0.15) is 0 Å². The fraction of sp³-hybridized carbons (Fsp3) is 0.464. The third-order valence-electron chi connectivity index (χ3n) is 6.01. The summed E-state index contributed by atoms with van der Waals surface area (Å²) in [5, 5.41) is 5.10. The lowest BCUT2D eigenvalue weighted by molar-refractivity contribution is -0.132. The first-order valence-corrected chi connectivity index (χ1v) is 12.6. The third kappa shape index (κ3) is 14.2. The van der Waals surface area contributed by atoms with Gasteiger partial charge in [-0.15, -0.1) is 24.8 Å². The van der Waals surface area contributed by atoms with E-state index in [1.807, 2.05) is 30.3 Å². The molecule has 0 heterocycles. The zero-order chi connectivity index (χ0) is 25.5. The van der Waals surface area contributed by atoms with Crippen molar-refractivity contribution in [2.24, 2.45) is 17.4 Å². The number of hydrogen-bond acceptors (Lipinski definition) is 5. The fourth-order valence-corrected chi connectivity index (χ4v) is 3.73. The summed E-state index contributed by atoms with van der Waals surface area (Å²) in [6.45, 7) is 2.36. The largest absolute Gasteiger partial charge is 0.354 e. The van der Waals surface area contributed by atoms with Crippen molar-refractivity contribution in [1.29, 1.82) is 0 Å². The topological polar surface area (TPSA) is 127 Å². The number of imide groups is 1. The maximum atomic E-state index is 12.3. The number of carbonyl (C=O) groups is 3. The summed E-state index contributed by atoms with van der Waals surface area (Å²) in [4.78, 5) is 36.7. The molecule has 0 saturated carbocycles. The molecule has 0 aromatic heterocycles. The van der Waals surface area contributed by atoms with Crippen LogP contribution in [0.15, 0.2) is 54.6 Å². The average Bonchev–Trinajstić information content (AvgIpc) is 2.86. The molecule has 0 bridgehead atoms. The highest BCUT2D eigenvalue weighted by Gasteiger charge is 2.19. The van der Waals surface area contributed by atoms with Crippen LogP contribution in [0.3, 0.4) is 0 Å². The minimum atomic E-state index is -0.620. The normalized spacial score (nSPS) is 11.9. The molecular weight excluding hydrogens is 511 g/mol. The van der Waals surface area contributed by atoms with Gasteiger partial charge in [0.2, 0.25) is 17.7 Å². The van der Waals surface area contributed by atoms with Gasteiger partial charge < -0.3 is 16.8 Å². The van der Waals surface area contributed by atoms with Crippen molar-refractivity contribution in [2.45, 2.75) is 64.3 Å². The van der Waals surface area contributed by atoms with Crippen molar-refractivity contribution >= 4 is 42.5 Å². The molecule has 3 amide bonds. The molecule has 0 aliphatic heterocycles. The van der Waals surface area contributed by atoms with E-state index in [0.29, 0.717) is 13.0 Å². The number of nitrogens with one attached hydrogen (secondary N) is 2. The second kappa shape index (κ2) is 19.6. The van der Waals surface area contributed by atoms with E-state index in [4.69, 9.17) is 11.5 Å². The monoisotopic (exact) mass is 552 g/mol. The van der Waals surface area contributed by atoms with E-state index in [0.717, 1.165) is 44.1 Å². The Bertz CT molecular complexity index is 927. The summed E-state index contributed by atoms with van der Waals surface area (Å²) in [5.74, 6) is -1.62. The Morgan fingerprint density at radius 2 is 1.35 bits per heavy atom. The lowest BCUT2D eigenvalue weighted by atomic mass is 10.0. The Balaban J connectivity index is 0.00000648. The van der Waals surface area contributed by atoms with Gasteiger partial charge in [0, 0.05) is 6.54 Å². The van der Waals surface area contributed by atoms with Crippen molar-refractivity contribution in [3.8, 4) is 0 Å². The molecule has 2 aromatic carbocycles. The Morgan fingerprint density at radius 3 is 1.95 bits per heavy atom. The van der Waals surface area contributed by atoms with Crippen molar-refractivity contribution in [3.05, 3.63) is 71.3 Å². The molecule has 9 heteroatoms. The van der Waals surface area contributed by atoms with E-state index in [1.165, 1.54) is 11.1 Å². The number of aryl methyl sites for hydroxylation is 2. The Kier molecular flexibility index (Phi) is 18.3. The van der Waals surface area contributed by atoms with Gasteiger partial charge in [-0.3, -0.25) is 19.7 Å². The summed E-state index contributed by atoms with van der Waals surface area (Å²) in [5.41, 5.74) is 14.7. The number of nitrogens with two attached hydrogens (primary N) is 2. The first-order valence-electron chi connectivity index (χ1n) is 12.6. The molecule has 0 spiro atoms. The van der Waals surface area contributed by atoms with Crippen LogP contribution in [-0.4, -0.2) is 36.9 Å². The molecule has 2 aromatic rings. The minimum Gasteiger partial charge on any atom is -0.354 e. The van der Waals surface area contributed by atoms with E-state index >= 15 is 0 Å². The van der Waals surface area contributed by atoms with Gasteiger partial charge in [0.25, 0.3) is 0 Å². The number of carbonyl (C=O) groups excluding carboxylic acids is 3. The van der Waals surface area contributed by atoms with Crippen LogP contribution >= 0.6 is 24.8 Å². The SMILES string of the molecule is C[C@@H](CNC(=O)[C@@H](N)CCCCN)C(=O)NC(=O)Cc1ccc(CCCCc2ccccc2)cc1.Cl.Cl. The standard InChI is InChI=1S/C28H40N4O3.2ClH/c1-21(20-31-28(35)25(30)13-7-8-18-29)27(34)32-26(33)19-24-16-14-23(15-17-24)12-6-5-11-22-9-3-2-4-10-22;;/h2-4,9-10,14-17,21,25H,5-8,11-13,18-20,29-30H2,1H3,(H,31,35)(H,32,33,34);2*1H/t21-,25-;;/m0../s1. The smallest absolute Gasteiger partial charge is 0.236 e. The summed E-state index contributed by atoms with van der Waals surface area (Å²) in [6.07, 6.45) is 6.60. The van der Waals surface area contributed by atoms with Crippen molar-refractivity contribution < 1.29 is 14.4 Å². The van der Waals surface area contributed by atoms with Crippen LogP contribution in [0, 0.1) is 5.92 Å². The third-order valence-corrected chi connectivity index (χ3v) is 6.01. The molecule has 6 N–H and O–H groups in total. The van der Waals surface area contributed by atoms with Gasteiger partial charge >= 0.3 is 0 Å². The van der Waals surface area contributed by atoms with Crippen LogP contribution in [0.1, 0.15) is 55.7 Å². The predicted molar refractivity (Wildman–Crippen MR) is 154 cm³/mol. The fourth-order valence-electron chi connectivity index (χ4n) is 3.73. The minimum absolute atomic E-state index is 0. The number of benzene rings is 2. The quantitative estimate of drug-likeness (QED) is 0.251. The van der Waals surface area contributed by atoms with Gasteiger partial charge in [0.15, 0.2) is 0 Å². The van der Waals surface area contributed by atoms with Crippen molar-refractivity contribution in [1.82, 2.24) is 10.6 Å². The van der Waals surface area contributed by atoms with Crippen LogP contribution in [0.25, 0.3) is 0 Å². The molecular formula is C28H42Cl2N4O3. The van der Waals surface area contributed by atoms with Crippen LogP contribution in [0.2, 0.25) is 0 Å². The summed E-state index contributed by atoms with van der Waals surface area (Å²) in [7, 11) is 0. The van der Waals surface area contributed by atoms with E-state index in [2.05, 4.69) is 34.9 Å². The van der Waals surface area contributed by atoms with Gasteiger partial charge in [-0.2, -0.15) is 0 Å². The van der Waals surface area contributed by atoms with E-state index in [-0.39, 0.29) is 49.6 Å². The highest BCUT2D eigenvalue weighted by Crippen LogP contribution is 2.11. The summed E-state index contributed by atoms with van der Waals surface area (Å²) >= 11 is 0. The van der Waals surface area contributed by atoms with Crippen LogP contribution in [-0.2, 0) is 33.6 Å². The van der Waals surface area contributed by atoms with Crippen LogP contribution in [0.5, 0.6) is 0 Å². The molecule has 7 nitrogen and oxygen atoms in total. The number of hydrogen-bond donors (Lipinski definition) is 4. The lowest BCUT2D eigenvalue weighted by Crippen LogP contribution is -2.45. The van der Waals surface area contributed by atoms with Crippen molar-refractivity contribution in [3.63, 3.8) is 0 Å². The zero-order valence-corrected chi connectivity index (χ0v) is 23.3. The predicted octanol–water partition coefficient (Wildman–Crippen LogP) is 3.49. The van der Waals surface area contributed by atoms with Crippen LogP contribution in [0.4, 0.5) is 0 Å². The lowest BCUT2D eigenvalue weighted by Gasteiger charge is -2.15. The Morgan fingerprint density at radius 1 is 0.784 bits per heavy atom. The second-order valence-electron chi connectivity index (χ2n) is 9.14. The van der Waals surface area contributed by atoms with E-state index < -0.39 is 17.9 Å². The summed E-state index contributed by atoms with van der Waals surface area (Å²) < 4.78 is 0. The van der Waals surface area contributed by atoms with Gasteiger partial charge in [-0.1, -0.05) is 67.9 Å². The number of amides is 3. The first kappa shape index (κ1) is 34.6. The molecule has 206 valence electrons. The average molecular weight is 554 g/mol. The first-order chi connectivity index (χ1) is 16.9. The van der Waals surface area contributed by atoms with Gasteiger partial charge in [-0.05, 0) is 61.8 Å². The number of halogens is 2. The molecule has 0 radical (unpaired) electrons. The Hall–Kier alpha value is -2.45. The molecule has 0 aliphatic rings. The maximum absolute atomic E-state index is 12.3. The number of rotatable bonds is 15. The Labute approximate surface area is 233 Å². The van der Waals surface area contributed by atoms with Gasteiger partial charge in [0.05, 0.1) is 18.4 Å². The highest BCUT2D eigenvalue weighted by molar-refractivity contribution is 5.97. The molecule has 0 fully saturated rings. The van der Waals surface area contributed by atoms with Crippen molar-refractivity contribution in [2.75, 3.05) is 13.1 Å². The van der Waals surface area contributed by atoms with E-state index in [9.17, 15) is 14.4 Å². The molecule has 0 unspecified atom stereocenters. The van der Waals surface area contributed by atoms with Crippen LogP contribution < -0.4 is 22.1 Å². The van der Waals surface area contributed by atoms with Gasteiger partial charge in [-0.25, -0.2) is 0 Å². The summed E-state index contributed by atoms with van der Waals surface area (Å²) in [6, 6.07) is 17.8. The molecule has 2 atom stereocenters. The maximum Gasteiger partial charge on any atom is 0.236 e. The second-order valence-corrected chi connectivity index (χ2v) is 9.14. The molecule has 0 aliphatic carbocycles.